The second-order valence-corrected chi connectivity index (χ2v) is 3.66. The molecule has 1 aromatic heterocycles. The van der Waals surface area contributed by atoms with E-state index in [2.05, 4.69) is 4.98 Å². The van der Waals surface area contributed by atoms with Gasteiger partial charge in [0.15, 0.2) is 0 Å². The molecular formula is C6H5N2O3P. The van der Waals surface area contributed by atoms with Gasteiger partial charge in [0.25, 0.3) is 0 Å². The van der Waals surface area contributed by atoms with E-state index >= 15 is 0 Å². The van der Waals surface area contributed by atoms with Crippen molar-refractivity contribution in [2.45, 2.75) is 0 Å². The zero-order chi connectivity index (χ0) is 9.19. The fourth-order valence-corrected chi connectivity index (χ4v) is 1.10. The molecule has 5 nitrogen and oxygen atoms in total. The summed E-state index contributed by atoms with van der Waals surface area (Å²) in [5.74, 6) is 0. The van der Waals surface area contributed by atoms with E-state index in [1.807, 2.05) is 0 Å². The quantitative estimate of drug-likeness (QED) is 0.587. The Labute approximate surface area is 68.5 Å². The van der Waals surface area contributed by atoms with Crippen LogP contribution in [0, 0.1) is 11.3 Å². The van der Waals surface area contributed by atoms with E-state index < -0.39 is 7.60 Å². The van der Waals surface area contributed by atoms with Crippen molar-refractivity contribution < 1.29 is 14.4 Å². The first-order chi connectivity index (χ1) is 5.54. The van der Waals surface area contributed by atoms with Crippen molar-refractivity contribution in [1.29, 1.82) is 5.26 Å². The van der Waals surface area contributed by atoms with Gasteiger partial charge in [-0.05, 0) is 12.1 Å². The molecule has 0 fully saturated rings. The van der Waals surface area contributed by atoms with Gasteiger partial charge in [0.1, 0.15) is 11.8 Å². The summed E-state index contributed by atoms with van der Waals surface area (Å²) < 4.78 is 10.6. The van der Waals surface area contributed by atoms with Crippen LogP contribution in [0.4, 0.5) is 0 Å². The third kappa shape index (κ3) is 1.89. The maximum absolute atomic E-state index is 10.6. The monoisotopic (exact) mass is 184 g/mol. The first-order valence-electron chi connectivity index (χ1n) is 2.96. The first-order valence-corrected chi connectivity index (χ1v) is 4.57. The molecule has 2 N–H and O–H groups in total. The Kier molecular flexibility index (Phi) is 2.25. The predicted molar refractivity (Wildman–Crippen MR) is 40.6 cm³/mol. The number of aromatic nitrogens is 1. The summed E-state index contributed by atoms with van der Waals surface area (Å²) in [4.78, 5) is 20.8. The van der Waals surface area contributed by atoms with Gasteiger partial charge < -0.3 is 9.79 Å². The molecule has 0 saturated heterocycles. The summed E-state index contributed by atoms with van der Waals surface area (Å²) in [7, 11) is -4.22. The van der Waals surface area contributed by atoms with E-state index in [1.165, 1.54) is 12.1 Å². The molecule has 1 rings (SSSR count). The maximum Gasteiger partial charge on any atom is 0.357 e. The molecule has 0 aliphatic rings. The molecule has 0 unspecified atom stereocenters. The normalized spacial score (nSPS) is 10.8. The van der Waals surface area contributed by atoms with Crippen LogP contribution in [0.5, 0.6) is 0 Å². The lowest BCUT2D eigenvalue weighted by molar-refractivity contribution is 0.387. The summed E-state index contributed by atoms with van der Waals surface area (Å²) in [5, 5.41) is 8.15. The van der Waals surface area contributed by atoms with Gasteiger partial charge in [0, 0.05) is 6.20 Å². The maximum atomic E-state index is 10.6. The van der Waals surface area contributed by atoms with E-state index in [4.69, 9.17) is 15.0 Å². The average molecular weight is 184 g/mol. The largest absolute Gasteiger partial charge is 0.357 e. The molecule has 6 heteroatoms. The standard InChI is InChI=1S/C6H5N2O3P/c7-3-5-1-2-6(4-8-5)12(9,10)11/h1-2,4H,(H2,9,10,11). The highest BCUT2D eigenvalue weighted by molar-refractivity contribution is 7.60. The van der Waals surface area contributed by atoms with Crippen molar-refractivity contribution in [1.82, 2.24) is 4.98 Å². The summed E-state index contributed by atoms with van der Waals surface area (Å²) >= 11 is 0. The van der Waals surface area contributed by atoms with Crippen molar-refractivity contribution in [3.8, 4) is 6.07 Å². The minimum Gasteiger partial charge on any atom is -0.321 e. The first kappa shape index (κ1) is 8.88. The molecule has 1 heterocycles. The van der Waals surface area contributed by atoms with Crippen LogP contribution < -0.4 is 5.30 Å². The molecule has 0 radical (unpaired) electrons. The van der Waals surface area contributed by atoms with Gasteiger partial charge in [0.2, 0.25) is 0 Å². The molecule has 0 spiro atoms. The Hall–Kier alpha value is -1.21. The molecule has 0 saturated carbocycles. The van der Waals surface area contributed by atoms with Crippen LogP contribution in [0.3, 0.4) is 0 Å². The Bertz CT molecular complexity index is 361. The third-order valence-electron chi connectivity index (χ3n) is 1.20. The van der Waals surface area contributed by atoms with Crippen molar-refractivity contribution in [3.05, 3.63) is 24.0 Å². The molecular weight excluding hydrogens is 179 g/mol. The van der Waals surface area contributed by atoms with E-state index in [9.17, 15) is 4.57 Å². The molecule has 0 aliphatic heterocycles. The number of nitriles is 1. The topological polar surface area (TPSA) is 94.2 Å². The second kappa shape index (κ2) is 3.03. The molecule has 0 aliphatic carbocycles. The zero-order valence-electron chi connectivity index (χ0n) is 5.88. The van der Waals surface area contributed by atoms with Crippen molar-refractivity contribution in [2.24, 2.45) is 0 Å². The highest BCUT2D eigenvalue weighted by atomic mass is 31.2. The van der Waals surface area contributed by atoms with Gasteiger partial charge >= 0.3 is 7.60 Å². The van der Waals surface area contributed by atoms with E-state index in [0.717, 1.165) is 6.20 Å². The fourth-order valence-electron chi connectivity index (χ4n) is 0.625. The minimum absolute atomic E-state index is 0.132. The van der Waals surface area contributed by atoms with E-state index in [1.54, 1.807) is 6.07 Å². The van der Waals surface area contributed by atoms with Crippen LogP contribution in [0.25, 0.3) is 0 Å². The average Bonchev–Trinajstić information content (AvgIpc) is 2.03. The summed E-state index contributed by atoms with van der Waals surface area (Å²) in [6, 6.07) is 4.19. The van der Waals surface area contributed by atoms with Crippen LogP contribution in [0.1, 0.15) is 5.69 Å². The number of rotatable bonds is 1. The smallest absolute Gasteiger partial charge is 0.321 e. The number of hydrogen-bond acceptors (Lipinski definition) is 3. The number of hydrogen-bond donors (Lipinski definition) is 2. The van der Waals surface area contributed by atoms with E-state index in [-0.39, 0.29) is 11.0 Å². The Morgan fingerprint density at radius 2 is 2.17 bits per heavy atom. The molecule has 1 aromatic rings. The highest BCUT2D eigenvalue weighted by Crippen LogP contribution is 2.32. The molecule has 0 aromatic carbocycles. The molecule has 0 bridgehead atoms. The van der Waals surface area contributed by atoms with Gasteiger partial charge in [-0.2, -0.15) is 5.26 Å². The Morgan fingerprint density at radius 1 is 1.50 bits per heavy atom. The van der Waals surface area contributed by atoms with Crippen LogP contribution in [0.2, 0.25) is 0 Å². The lowest BCUT2D eigenvalue weighted by Crippen LogP contribution is -2.04. The molecule has 0 amide bonds. The second-order valence-electron chi connectivity index (χ2n) is 2.06. The fraction of sp³-hybridized carbons (Fsp3) is 0. The van der Waals surface area contributed by atoms with Crippen molar-refractivity contribution in [3.63, 3.8) is 0 Å². The number of nitrogens with zero attached hydrogens (tertiary/aromatic N) is 2. The van der Waals surface area contributed by atoms with Crippen molar-refractivity contribution in [2.75, 3.05) is 0 Å². The molecule has 12 heavy (non-hydrogen) atoms. The van der Waals surface area contributed by atoms with Gasteiger partial charge in [-0.3, -0.25) is 4.57 Å². The van der Waals surface area contributed by atoms with Crippen LogP contribution >= 0.6 is 7.60 Å². The van der Waals surface area contributed by atoms with Crippen molar-refractivity contribution >= 4 is 12.9 Å². The van der Waals surface area contributed by atoms with Crippen LogP contribution in [-0.2, 0) is 4.57 Å². The predicted octanol–water partition coefficient (Wildman–Crippen LogP) is -0.244. The number of pyridine rings is 1. The lowest BCUT2D eigenvalue weighted by Gasteiger charge is -2.01. The van der Waals surface area contributed by atoms with Gasteiger partial charge in [0.05, 0.1) is 5.30 Å². The minimum atomic E-state index is -4.22. The molecule has 62 valence electrons. The lowest BCUT2D eigenvalue weighted by atomic mass is 10.4. The highest BCUT2D eigenvalue weighted by Gasteiger charge is 2.16. The van der Waals surface area contributed by atoms with Crippen LogP contribution in [-0.4, -0.2) is 14.8 Å². The van der Waals surface area contributed by atoms with Gasteiger partial charge in [-0.1, -0.05) is 0 Å². The van der Waals surface area contributed by atoms with Crippen LogP contribution in [0.15, 0.2) is 18.3 Å². The van der Waals surface area contributed by atoms with Gasteiger partial charge in [-0.15, -0.1) is 0 Å². The van der Waals surface area contributed by atoms with Gasteiger partial charge in [-0.25, -0.2) is 4.98 Å². The zero-order valence-corrected chi connectivity index (χ0v) is 6.77. The summed E-state index contributed by atoms with van der Waals surface area (Å²) in [6.07, 6.45) is 0.999. The third-order valence-corrected chi connectivity index (χ3v) is 2.14. The molecule has 0 atom stereocenters. The van der Waals surface area contributed by atoms with E-state index in [0.29, 0.717) is 0 Å². The Balaban J connectivity index is 3.11. The summed E-state index contributed by atoms with van der Waals surface area (Å²) in [5.41, 5.74) is 0.132. The SMILES string of the molecule is N#Cc1ccc(P(=O)(O)O)cn1. The summed E-state index contributed by atoms with van der Waals surface area (Å²) in [6.45, 7) is 0. The Morgan fingerprint density at radius 3 is 2.50 bits per heavy atom.